The number of benzene rings is 1. The fourth-order valence-corrected chi connectivity index (χ4v) is 4.57. The average Bonchev–Trinajstić information content (AvgIpc) is 3.26. The van der Waals surface area contributed by atoms with Gasteiger partial charge in [0.05, 0.1) is 11.0 Å². The summed E-state index contributed by atoms with van der Waals surface area (Å²) in [6.45, 7) is -0.873. The molecule has 0 saturated carbocycles. The van der Waals surface area contributed by atoms with Gasteiger partial charge in [0.2, 0.25) is 0 Å². The van der Waals surface area contributed by atoms with Crippen LogP contribution in [0, 0.1) is 10.1 Å². The van der Waals surface area contributed by atoms with E-state index in [-0.39, 0.29) is 62.7 Å². The van der Waals surface area contributed by atoms with Crippen LogP contribution in [-0.2, 0) is 36.1 Å². The van der Waals surface area contributed by atoms with Crippen LogP contribution >= 0.6 is 11.3 Å². The Kier molecular flexibility index (Phi) is 10.5. The van der Waals surface area contributed by atoms with Gasteiger partial charge in [-0.05, 0) is 17.7 Å². The van der Waals surface area contributed by atoms with Crippen LogP contribution in [0.2, 0.25) is 0 Å². The predicted molar refractivity (Wildman–Crippen MR) is 124 cm³/mol. The van der Waals surface area contributed by atoms with E-state index in [0.29, 0.717) is 5.56 Å². The third-order valence-corrected chi connectivity index (χ3v) is 6.44. The molecule has 1 fully saturated rings. The number of nitro groups is 1. The zero-order chi connectivity index (χ0) is 27.3. The standard InChI is InChI=1S/C18H19N7O10S2.Na/c1-34-23-13(11-8-36-17(19)21-11)15(26)22-14-12(24(16(14)27)37(31,32)33)6-20-18(28)35-7-9-2-4-10(5-3-9)25(29)30;/h2-5,8,12,14H,6-7H2,1H3,(H2,19,21)(H,20,28)(H,22,26)(H,31,32,33);/q;+1/p-1/b23-13-;/t12-,14+;/m0./s1. The number of nitrogens with two attached hydrogens (primary N) is 1. The van der Waals surface area contributed by atoms with Crippen molar-refractivity contribution >= 4 is 56.1 Å². The van der Waals surface area contributed by atoms with Crippen molar-refractivity contribution in [1.82, 2.24) is 19.9 Å². The molecular formula is C18H18N7NaO10S2. The molecule has 3 rings (SSSR count). The molecule has 0 bridgehead atoms. The number of nitro benzene ring substituents is 1. The number of aromatic nitrogens is 1. The van der Waals surface area contributed by atoms with Crippen molar-refractivity contribution < 1.29 is 71.4 Å². The second kappa shape index (κ2) is 12.9. The molecule has 0 aliphatic carbocycles. The molecule has 0 radical (unpaired) electrons. The quantitative estimate of drug-likeness (QED) is 0.0610. The molecule has 38 heavy (non-hydrogen) atoms. The molecule has 17 nitrogen and oxygen atoms in total. The van der Waals surface area contributed by atoms with E-state index in [4.69, 9.17) is 10.5 Å². The Hall–Kier alpha value is -3.36. The Balaban J connectivity index is 0.00000507. The van der Waals surface area contributed by atoms with Crippen molar-refractivity contribution in [2.75, 3.05) is 19.4 Å². The van der Waals surface area contributed by atoms with Gasteiger partial charge in [-0.15, -0.1) is 11.3 Å². The molecule has 198 valence electrons. The minimum absolute atomic E-state index is 0. The van der Waals surface area contributed by atoms with Crippen LogP contribution in [0.1, 0.15) is 11.3 Å². The van der Waals surface area contributed by atoms with Gasteiger partial charge >= 0.3 is 35.7 Å². The molecule has 1 aliphatic rings. The summed E-state index contributed by atoms with van der Waals surface area (Å²) in [5.41, 5.74) is 5.45. The average molecular weight is 580 g/mol. The molecule has 0 unspecified atom stereocenters. The number of carbonyl (C=O) groups excluding carboxylic acids is 3. The molecule has 1 aromatic carbocycles. The summed E-state index contributed by atoms with van der Waals surface area (Å²) in [6.07, 6.45) is -1.05. The Labute approximate surface area is 240 Å². The van der Waals surface area contributed by atoms with Gasteiger partial charge in [0, 0.05) is 24.1 Å². The number of thiazole rings is 1. The fourth-order valence-electron chi connectivity index (χ4n) is 3.16. The molecule has 20 heteroatoms. The van der Waals surface area contributed by atoms with E-state index in [1.54, 1.807) is 0 Å². The molecule has 1 aliphatic heterocycles. The zero-order valence-electron chi connectivity index (χ0n) is 19.7. The van der Waals surface area contributed by atoms with Crippen molar-refractivity contribution in [2.45, 2.75) is 18.7 Å². The van der Waals surface area contributed by atoms with Gasteiger partial charge in [-0.25, -0.2) is 22.5 Å². The second-order valence-corrected chi connectivity index (χ2v) is 9.32. The van der Waals surface area contributed by atoms with Crippen LogP contribution in [0.3, 0.4) is 0 Å². The number of anilines is 1. The zero-order valence-corrected chi connectivity index (χ0v) is 23.4. The van der Waals surface area contributed by atoms with Crippen molar-refractivity contribution in [1.29, 1.82) is 0 Å². The number of hydrogen-bond donors (Lipinski definition) is 3. The number of nitrogens with one attached hydrogen (secondary N) is 2. The summed E-state index contributed by atoms with van der Waals surface area (Å²) in [5, 5.41) is 20.2. The molecule has 4 N–H and O–H groups in total. The number of nitrogen functional groups attached to an aromatic ring is 1. The van der Waals surface area contributed by atoms with E-state index in [0.717, 1.165) is 18.4 Å². The summed E-state index contributed by atoms with van der Waals surface area (Å²) in [7, 11) is -4.12. The van der Waals surface area contributed by atoms with Crippen molar-refractivity contribution in [3.8, 4) is 0 Å². The monoisotopic (exact) mass is 579 g/mol. The Morgan fingerprint density at radius 1 is 1.32 bits per heavy atom. The molecule has 3 amide bonds. The van der Waals surface area contributed by atoms with Crippen LogP contribution in [0.25, 0.3) is 0 Å². The first-order valence-electron chi connectivity index (χ1n) is 9.98. The van der Waals surface area contributed by atoms with Gasteiger partial charge in [-0.3, -0.25) is 19.7 Å². The first-order valence-corrected chi connectivity index (χ1v) is 12.2. The van der Waals surface area contributed by atoms with E-state index in [9.17, 15) is 37.5 Å². The maximum absolute atomic E-state index is 12.7. The van der Waals surface area contributed by atoms with E-state index >= 15 is 0 Å². The van der Waals surface area contributed by atoms with Crippen molar-refractivity contribution in [2.24, 2.45) is 5.16 Å². The summed E-state index contributed by atoms with van der Waals surface area (Å²) in [4.78, 5) is 55.7. The van der Waals surface area contributed by atoms with Gasteiger partial charge in [-0.1, -0.05) is 5.16 Å². The maximum atomic E-state index is 12.7. The Morgan fingerprint density at radius 3 is 2.50 bits per heavy atom. The van der Waals surface area contributed by atoms with Crippen LogP contribution in [0.15, 0.2) is 34.8 Å². The molecule has 2 aromatic rings. The van der Waals surface area contributed by atoms with E-state index in [2.05, 4.69) is 25.6 Å². The Bertz CT molecular complexity index is 1350. The molecular weight excluding hydrogens is 561 g/mol. The van der Waals surface area contributed by atoms with Gasteiger partial charge in [0.1, 0.15) is 25.5 Å². The van der Waals surface area contributed by atoms with Gasteiger partial charge in [-0.2, -0.15) is 0 Å². The summed E-state index contributed by atoms with van der Waals surface area (Å²) in [6, 6.07) is 2.15. The summed E-state index contributed by atoms with van der Waals surface area (Å²) >= 11 is 0.999. The van der Waals surface area contributed by atoms with Gasteiger partial charge in [0.15, 0.2) is 21.1 Å². The largest absolute Gasteiger partial charge is 1.00 e. The number of carbonyl (C=O) groups is 3. The number of non-ortho nitro benzene ring substituents is 1. The van der Waals surface area contributed by atoms with E-state index in [1.165, 1.54) is 29.6 Å². The van der Waals surface area contributed by atoms with Crippen LogP contribution in [-0.4, -0.2) is 76.5 Å². The summed E-state index contributed by atoms with van der Waals surface area (Å²) in [5.74, 6) is -2.22. The Morgan fingerprint density at radius 2 is 1.97 bits per heavy atom. The maximum Gasteiger partial charge on any atom is 1.00 e. The van der Waals surface area contributed by atoms with Gasteiger partial charge < -0.3 is 30.5 Å². The summed E-state index contributed by atoms with van der Waals surface area (Å²) < 4.78 is 39.5. The molecule has 2 atom stereocenters. The minimum atomic E-state index is -5.27. The smallest absolute Gasteiger partial charge is 0.731 e. The number of hydrogen-bond acceptors (Lipinski definition) is 14. The number of nitrogens with zero attached hydrogens (tertiary/aromatic N) is 4. The molecule has 0 spiro atoms. The number of oxime groups is 1. The predicted octanol–water partition coefficient (Wildman–Crippen LogP) is -3.93. The SMILES string of the molecule is CO/N=C(\C(=O)N[C@H]1C(=O)N(S(=O)(=O)[O-])[C@H]1CNC(=O)OCc1ccc([N+](=O)[O-])cc1)c1csc(N)n1.[Na+]. The van der Waals surface area contributed by atoms with Crippen molar-refractivity contribution in [3.05, 3.63) is 51.0 Å². The second-order valence-electron chi connectivity index (χ2n) is 7.18. The number of alkyl carbamates (subject to hydrolysis) is 1. The molecule has 1 aromatic heterocycles. The third kappa shape index (κ3) is 7.36. The topological polar surface area (TPSA) is 249 Å². The van der Waals surface area contributed by atoms with Crippen LogP contribution in [0.5, 0.6) is 0 Å². The third-order valence-electron chi connectivity index (χ3n) is 4.83. The fraction of sp³-hybridized carbons (Fsp3) is 0.278. The number of β-lactam (4-membered cyclic amide) rings is 1. The first kappa shape index (κ1) is 30.9. The van der Waals surface area contributed by atoms with Crippen molar-refractivity contribution in [3.63, 3.8) is 0 Å². The minimum Gasteiger partial charge on any atom is -0.731 e. The van der Waals surface area contributed by atoms with E-state index < -0.39 is 51.8 Å². The number of ether oxygens (including phenoxy) is 1. The first-order chi connectivity index (χ1) is 17.4. The van der Waals surface area contributed by atoms with Crippen LogP contribution in [0.4, 0.5) is 15.6 Å². The number of amides is 3. The number of rotatable bonds is 10. The molecule has 1 saturated heterocycles. The van der Waals surface area contributed by atoms with Crippen LogP contribution < -0.4 is 45.9 Å². The van der Waals surface area contributed by atoms with E-state index in [1.807, 2.05) is 0 Å². The molecule has 2 heterocycles. The normalized spacial score (nSPS) is 17.1. The van der Waals surface area contributed by atoms with Gasteiger partial charge in [0.25, 0.3) is 17.5 Å².